The number of nitrogens with zero attached hydrogens (tertiary/aromatic N) is 2. The highest BCUT2D eigenvalue weighted by atomic mass is 35.5. The summed E-state index contributed by atoms with van der Waals surface area (Å²) in [4.78, 5) is 14.0. The Bertz CT molecular complexity index is 672. The van der Waals surface area contributed by atoms with Gasteiger partial charge in [-0.1, -0.05) is 18.5 Å². The van der Waals surface area contributed by atoms with Crippen LogP contribution in [0.25, 0.3) is 0 Å². The number of amides is 1. The normalized spacial score (nSPS) is 15.2. The van der Waals surface area contributed by atoms with Crippen molar-refractivity contribution < 1.29 is 17.9 Å². The van der Waals surface area contributed by atoms with Gasteiger partial charge < -0.3 is 9.64 Å². The summed E-state index contributed by atoms with van der Waals surface area (Å²) in [5, 5.41) is 0.218. The molecule has 0 unspecified atom stereocenters. The average molecular weight is 361 g/mol. The lowest BCUT2D eigenvalue weighted by atomic mass is 10.3. The molecule has 1 amide bonds. The summed E-state index contributed by atoms with van der Waals surface area (Å²) in [6.45, 7) is 3.17. The standard InChI is InChI=1S/C15H21ClN2O4S/c1-3-18(11-15(19)17-8-4-5-9-17)23(20,21)12-6-7-14(22-2)13(16)10-12/h6-7,10H,3-5,8-9,11H2,1-2H3. The van der Waals surface area contributed by atoms with E-state index >= 15 is 0 Å². The second-order valence-electron chi connectivity index (χ2n) is 5.32. The number of rotatable bonds is 6. The van der Waals surface area contributed by atoms with Gasteiger partial charge in [0.05, 0.1) is 23.6 Å². The highest BCUT2D eigenvalue weighted by Gasteiger charge is 2.28. The molecule has 0 atom stereocenters. The van der Waals surface area contributed by atoms with Crippen molar-refractivity contribution in [1.82, 2.24) is 9.21 Å². The Labute approximate surface area is 142 Å². The molecule has 0 aromatic heterocycles. The molecule has 6 nitrogen and oxygen atoms in total. The Balaban J connectivity index is 2.21. The molecule has 128 valence electrons. The highest BCUT2D eigenvalue weighted by Crippen LogP contribution is 2.28. The van der Waals surface area contributed by atoms with Gasteiger partial charge in [0.25, 0.3) is 0 Å². The van der Waals surface area contributed by atoms with Crippen LogP contribution in [0.15, 0.2) is 23.1 Å². The molecule has 1 heterocycles. The lowest BCUT2D eigenvalue weighted by Gasteiger charge is -2.23. The molecule has 8 heteroatoms. The minimum atomic E-state index is -3.78. The number of likely N-dealkylation sites (tertiary alicyclic amines) is 1. The summed E-state index contributed by atoms with van der Waals surface area (Å²) in [5.74, 6) is 0.245. The first-order valence-corrected chi connectivity index (χ1v) is 9.33. The SMILES string of the molecule is CCN(CC(=O)N1CCCC1)S(=O)(=O)c1ccc(OC)c(Cl)c1. The Morgan fingerprint density at radius 3 is 2.52 bits per heavy atom. The summed E-state index contributed by atoms with van der Waals surface area (Å²) in [5.41, 5.74) is 0. The van der Waals surface area contributed by atoms with Crippen molar-refractivity contribution in [2.24, 2.45) is 0 Å². The molecule has 0 spiro atoms. The molecule has 1 saturated heterocycles. The zero-order valence-electron chi connectivity index (χ0n) is 13.3. The first kappa shape index (κ1) is 18.0. The van der Waals surface area contributed by atoms with Gasteiger partial charge in [0, 0.05) is 19.6 Å². The molecule has 2 rings (SSSR count). The van der Waals surface area contributed by atoms with E-state index in [0.717, 1.165) is 12.8 Å². The van der Waals surface area contributed by atoms with Crippen molar-refractivity contribution in [3.8, 4) is 5.75 Å². The van der Waals surface area contributed by atoms with Crippen LogP contribution in [0.3, 0.4) is 0 Å². The molecule has 1 aromatic rings. The molecule has 0 aliphatic carbocycles. The van der Waals surface area contributed by atoms with Crippen LogP contribution in [0.1, 0.15) is 19.8 Å². The summed E-state index contributed by atoms with van der Waals surface area (Å²) in [7, 11) is -2.32. The summed E-state index contributed by atoms with van der Waals surface area (Å²) >= 11 is 6.01. The van der Waals surface area contributed by atoms with Crippen molar-refractivity contribution in [1.29, 1.82) is 0 Å². The lowest BCUT2D eigenvalue weighted by Crippen LogP contribution is -2.41. The van der Waals surface area contributed by atoms with Crippen LogP contribution in [-0.4, -0.2) is 56.8 Å². The Hall–Kier alpha value is -1.31. The second kappa shape index (κ2) is 7.51. The predicted molar refractivity (Wildman–Crippen MR) is 88.3 cm³/mol. The van der Waals surface area contributed by atoms with Gasteiger partial charge >= 0.3 is 0 Å². The molecule has 1 aromatic carbocycles. The number of benzene rings is 1. The first-order valence-electron chi connectivity index (χ1n) is 7.51. The summed E-state index contributed by atoms with van der Waals surface area (Å²) in [6, 6.07) is 4.28. The number of hydrogen-bond donors (Lipinski definition) is 0. The van der Waals surface area contributed by atoms with Gasteiger partial charge in [-0.25, -0.2) is 8.42 Å². The molecule has 1 aliphatic rings. The molecular weight excluding hydrogens is 340 g/mol. The smallest absolute Gasteiger partial charge is 0.243 e. The van der Waals surface area contributed by atoms with Crippen LogP contribution in [-0.2, 0) is 14.8 Å². The maximum atomic E-state index is 12.7. The van der Waals surface area contributed by atoms with Crippen LogP contribution < -0.4 is 4.74 Å². The van der Waals surface area contributed by atoms with Crippen LogP contribution in [0.4, 0.5) is 0 Å². The van der Waals surface area contributed by atoms with E-state index in [-0.39, 0.29) is 28.9 Å². The van der Waals surface area contributed by atoms with Crippen LogP contribution in [0.2, 0.25) is 5.02 Å². The molecule has 0 radical (unpaired) electrons. The third-order valence-electron chi connectivity index (χ3n) is 3.88. The van der Waals surface area contributed by atoms with Crippen LogP contribution >= 0.6 is 11.6 Å². The number of methoxy groups -OCH3 is 1. The van der Waals surface area contributed by atoms with Crippen molar-refractivity contribution >= 4 is 27.5 Å². The molecule has 1 fully saturated rings. The quantitative estimate of drug-likeness (QED) is 0.778. The largest absolute Gasteiger partial charge is 0.495 e. The number of sulfonamides is 1. The Morgan fingerprint density at radius 2 is 2.00 bits per heavy atom. The number of hydrogen-bond acceptors (Lipinski definition) is 4. The van der Waals surface area contributed by atoms with Gasteiger partial charge in [-0.15, -0.1) is 0 Å². The molecule has 0 N–H and O–H groups in total. The minimum absolute atomic E-state index is 0.0550. The van der Waals surface area contributed by atoms with Crippen molar-refractivity contribution in [3.05, 3.63) is 23.2 Å². The van der Waals surface area contributed by atoms with E-state index < -0.39 is 10.0 Å². The fourth-order valence-corrected chi connectivity index (χ4v) is 4.29. The lowest BCUT2D eigenvalue weighted by molar-refractivity contribution is -0.130. The van der Waals surface area contributed by atoms with E-state index in [1.807, 2.05) is 0 Å². The number of halogens is 1. The first-order chi connectivity index (χ1) is 10.9. The van der Waals surface area contributed by atoms with Gasteiger partial charge in [-0.05, 0) is 31.0 Å². The van der Waals surface area contributed by atoms with Crippen molar-refractivity contribution in [2.75, 3.05) is 33.3 Å². The van der Waals surface area contributed by atoms with E-state index in [1.54, 1.807) is 11.8 Å². The van der Waals surface area contributed by atoms with Crippen molar-refractivity contribution in [3.63, 3.8) is 0 Å². The maximum absolute atomic E-state index is 12.7. The topological polar surface area (TPSA) is 66.9 Å². The van der Waals surface area contributed by atoms with Gasteiger partial charge in [-0.3, -0.25) is 4.79 Å². The Morgan fingerprint density at radius 1 is 1.35 bits per heavy atom. The number of carbonyl (C=O) groups excluding carboxylic acids is 1. The third kappa shape index (κ3) is 3.97. The van der Waals surface area contributed by atoms with Gasteiger partial charge in [0.15, 0.2) is 0 Å². The molecule has 23 heavy (non-hydrogen) atoms. The van der Waals surface area contributed by atoms with Gasteiger partial charge in [0.2, 0.25) is 15.9 Å². The predicted octanol–water partition coefficient (Wildman–Crippen LogP) is 1.98. The monoisotopic (exact) mass is 360 g/mol. The summed E-state index contributed by atoms with van der Waals surface area (Å²) < 4.78 is 31.6. The minimum Gasteiger partial charge on any atom is -0.495 e. The van der Waals surface area contributed by atoms with Crippen LogP contribution in [0.5, 0.6) is 5.75 Å². The van der Waals surface area contributed by atoms with E-state index in [0.29, 0.717) is 18.8 Å². The number of ether oxygens (including phenoxy) is 1. The molecule has 0 bridgehead atoms. The highest BCUT2D eigenvalue weighted by molar-refractivity contribution is 7.89. The van der Waals surface area contributed by atoms with E-state index in [9.17, 15) is 13.2 Å². The molecule has 0 saturated carbocycles. The van der Waals surface area contributed by atoms with Gasteiger partial charge in [-0.2, -0.15) is 4.31 Å². The zero-order valence-corrected chi connectivity index (χ0v) is 14.9. The van der Waals surface area contributed by atoms with Gasteiger partial charge in [0.1, 0.15) is 5.75 Å². The fourth-order valence-electron chi connectivity index (χ4n) is 2.54. The molecular formula is C15H21ClN2O4S. The number of carbonyl (C=O) groups is 1. The van der Waals surface area contributed by atoms with E-state index in [2.05, 4.69) is 0 Å². The average Bonchev–Trinajstić information content (AvgIpc) is 3.06. The Kier molecular flexibility index (Phi) is 5.89. The zero-order chi connectivity index (χ0) is 17.0. The van der Waals surface area contributed by atoms with E-state index in [1.165, 1.54) is 29.6 Å². The molecule has 1 aliphatic heterocycles. The van der Waals surface area contributed by atoms with E-state index in [4.69, 9.17) is 16.3 Å². The third-order valence-corrected chi connectivity index (χ3v) is 6.10. The number of likely N-dealkylation sites (N-methyl/N-ethyl adjacent to an activating group) is 1. The maximum Gasteiger partial charge on any atom is 0.243 e. The fraction of sp³-hybridized carbons (Fsp3) is 0.533. The van der Waals surface area contributed by atoms with Crippen LogP contribution in [0, 0.1) is 0 Å². The second-order valence-corrected chi connectivity index (χ2v) is 7.66. The van der Waals surface area contributed by atoms with Crippen molar-refractivity contribution in [2.45, 2.75) is 24.7 Å². The summed E-state index contributed by atoms with van der Waals surface area (Å²) in [6.07, 6.45) is 1.94.